The van der Waals surface area contributed by atoms with Gasteiger partial charge in [-0.25, -0.2) is 9.50 Å². The molecule has 1 fully saturated rings. The molecule has 1 atom stereocenters. The number of rotatable bonds is 4. The van der Waals surface area contributed by atoms with Gasteiger partial charge in [0.2, 0.25) is 5.91 Å². The first-order valence-corrected chi connectivity index (χ1v) is 11.5. The number of nitrogen functional groups attached to an aromatic ring is 1. The summed E-state index contributed by atoms with van der Waals surface area (Å²) in [7, 11) is 0. The third kappa shape index (κ3) is 3.60. The van der Waals surface area contributed by atoms with Crippen LogP contribution in [0.25, 0.3) is 28.0 Å². The molecule has 5 rings (SSSR count). The number of hydrogen-bond donors (Lipinski definition) is 1. The molecule has 0 saturated carbocycles. The number of anilines is 2. The van der Waals surface area contributed by atoms with Crippen molar-refractivity contribution in [1.82, 2.24) is 29.3 Å². The number of amides is 2. The predicted molar refractivity (Wildman–Crippen MR) is 138 cm³/mol. The van der Waals surface area contributed by atoms with Crippen LogP contribution in [-0.4, -0.2) is 59.7 Å². The quantitative estimate of drug-likeness (QED) is 0.469. The lowest BCUT2D eigenvalue weighted by atomic mass is 9.96. The summed E-state index contributed by atoms with van der Waals surface area (Å²) in [4.78, 5) is 32.9. The van der Waals surface area contributed by atoms with Crippen molar-refractivity contribution in [2.75, 3.05) is 23.7 Å². The normalized spacial score (nSPS) is 19.4. The summed E-state index contributed by atoms with van der Waals surface area (Å²) in [5.41, 5.74) is 8.58. The molecule has 4 aromatic rings. The monoisotopic (exact) mass is 490 g/mol. The third-order valence-electron chi connectivity index (χ3n) is 6.64. The molecule has 1 aliphatic rings. The smallest absolute Gasteiger partial charge is 0.252 e. The molecule has 0 radical (unpaired) electrons. The second-order valence-electron chi connectivity index (χ2n) is 9.30. The minimum atomic E-state index is -2.66. The fraction of sp³-hybridized carbons (Fsp3) is 0.346. The largest absolute Gasteiger partial charge is 0.382 e. The Morgan fingerprint density at radius 2 is 2.00 bits per heavy atom. The maximum absolute atomic E-state index is 13.5. The van der Waals surface area contributed by atoms with E-state index in [1.54, 1.807) is 40.3 Å². The molecule has 1 aromatic carbocycles. The zero-order valence-corrected chi connectivity index (χ0v) is 20.6. The zero-order valence-electron chi connectivity index (χ0n) is 24.6. The van der Waals surface area contributed by atoms with Gasteiger partial charge in [0.25, 0.3) is 5.91 Å². The molecule has 4 heterocycles. The Morgan fingerprint density at radius 1 is 1.19 bits per heavy atom. The molecule has 36 heavy (non-hydrogen) atoms. The molecule has 1 unspecified atom stereocenters. The third-order valence-corrected chi connectivity index (χ3v) is 6.64. The van der Waals surface area contributed by atoms with Gasteiger partial charge in [-0.1, -0.05) is 12.1 Å². The second kappa shape index (κ2) is 8.47. The van der Waals surface area contributed by atoms with Crippen LogP contribution < -0.4 is 10.6 Å². The van der Waals surface area contributed by atoms with Crippen molar-refractivity contribution in [2.45, 2.75) is 46.1 Å². The Kier molecular flexibility index (Phi) is 4.48. The van der Waals surface area contributed by atoms with Crippen molar-refractivity contribution in [3.05, 3.63) is 48.9 Å². The summed E-state index contributed by atoms with van der Waals surface area (Å²) in [6.45, 7) is 4.31. The Balaban J connectivity index is 1.64. The highest BCUT2D eigenvalue weighted by atomic mass is 16.2. The van der Waals surface area contributed by atoms with Gasteiger partial charge in [-0.3, -0.25) is 14.3 Å². The van der Waals surface area contributed by atoms with Gasteiger partial charge < -0.3 is 15.5 Å². The maximum Gasteiger partial charge on any atom is 0.252 e. The van der Waals surface area contributed by atoms with Gasteiger partial charge in [-0.05, 0) is 51.9 Å². The SMILES string of the molecule is [2H]C([2H])([2H])C([2H])(C)n1nccc1-c1cc(-c2cccc(N3CCN(C(C)=O)C(C)(C)C3=O)c2)n2ncnc(N)c12. The first-order chi connectivity index (χ1) is 18.7. The molecule has 1 aliphatic heterocycles. The standard InChI is InChI=1S/C26H30N8O2/c1-16(2)33-21(9-10-29-33)20-14-22(34-23(20)24(27)28-15-30-34)18-7-6-8-19(13-18)31-11-12-32(17(3)35)26(4,5)25(31)36/h6-10,13-16H,11-12H2,1-5H3,(H2,27,28,30)/i1D3,16D. The molecule has 1 saturated heterocycles. The lowest BCUT2D eigenvalue weighted by Crippen LogP contribution is -2.64. The first kappa shape index (κ1) is 19.0. The molecule has 3 aromatic heterocycles. The lowest BCUT2D eigenvalue weighted by Gasteiger charge is -2.45. The summed E-state index contributed by atoms with van der Waals surface area (Å²) in [6, 6.07) is 8.74. The zero-order chi connectivity index (χ0) is 29.2. The van der Waals surface area contributed by atoms with E-state index >= 15 is 0 Å². The number of fused-ring (bicyclic) bond motifs is 1. The van der Waals surface area contributed by atoms with Crippen molar-refractivity contribution in [1.29, 1.82) is 0 Å². The summed E-state index contributed by atoms with van der Waals surface area (Å²) < 4.78 is 35.0. The van der Waals surface area contributed by atoms with E-state index in [0.29, 0.717) is 46.8 Å². The molecule has 2 amide bonds. The van der Waals surface area contributed by atoms with E-state index in [-0.39, 0.29) is 17.6 Å². The molecule has 186 valence electrons. The van der Waals surface area contributed by atoms with Crippen molar-refractivity contribution in [2.24, 2.45) is 0 Å². The summed E-state index contributed by atoms with van der Waals surface area (Å²) in [5.74, 6) is -0.183. The van der Waals surface area contributed by atoms with E-state index in [2.05, 4.69) is 15.2 Å². The van der Waals surface area contributed by atoms with E-state index in [1.165, 1.54) is 26.4 Å². The van der Waals surface area contributed by atoms with Gasteiger partial charge in [-0.15, -0.1) is 0 Å². The predicted octanol–water partition coefficient (Wildman–Crippen LogP) is 3.40. The number of benzene rings is 1. The van der Waals surface area contributed by atoms with E-state index in [1.807, 2.05) is 24.3 Å². The van der Waals surface area contributed by atoms with Crippen LogP contribution in [0.5, 0.6) is 0 Å². The number of nitrogens with zero attached hydrogens (tertiary/aromatic N) is 7. The fourth-order valence-electron chi connectivity index (χ4n) is 4.90. The molecule has 10 heteroatoms. The average molecular weight is 491 g/mol. The Bertz CT molecular complexity index is 1640. The van der Waals surface area contributed by atoms with Gasteiger partial charge in [-0.2, -0.15) is 10.2 Å². The highest BCUT2D eigenvalue weighted by molar-refractivity contribution is 6.03. The average Bonchev–Trinajstić information content (AvgIpc) is 3.51. The molecule has 2 N–H and O–H groups in total. The van der Waals surface area contributed by atoms with Gasteiger partial charge in [0.1, 0.15) is 17.4 Å². The van der Waals surface area contributed by atoms with Crippen LogP contribution in [0.4, 0.5) is 11.5 Å². The molecular weight excluding hydrogens is 456 g/mol. The first-order valence-electron chi connectivity index (χ1n) is 13.5. The van der Waals surface area contributed by atoms with Crippen molar-refractivity contribution in [3.63, 3.8) is 0 Å². The number of nitrogens with two attached hydrogens (primary N) is 1. The summed E-state index contributed by atoms with van der Waals surface area (Å²) >= 11 is 0. The Hall–Kier alpha value is -4.21. The molecule has 0 spiro atoms. The summed E-state index contributed by atoms with van der Waals surface area (Å²) in [5, 5.41) is 8.58. The summed E-state index contributed by atoms with van der Waals surface area (Å²) in [6.07, 6.45) is 2.76. The van der Waals surface area contributed by atoms with Crippen molar-refractivity contribution < 1.29 is 15.1 Å². The van der Waals surface area contributed by atoms with Crippen LogP contribution in [0.1, 0.15) is 46.0 Å². The maximum atomic E-state index is 13.5. The van der Waals surface area contributed by atoms with Gasteiger partial charge in [0.15, 0.2) is 5.82 Å². The van der Waals surface area contributed by atoms with Crippen LogP contribution >= 0.6 is 0 Å². The lowest BCUT2D eigenvalue weighted by molar-refractivity contribution is -0.145. The number of carbonyl (C=O) groups excluding carboxylic acids is 2. The highest BCUT2D eigenvalue weighted by Crippen LogP contribution is 2.37. The van der Waals surface area contributed by atoms with Crippen LogP contribution in [0, 0.1) is 0 Å². The topological polar surface area (TPSA) is 115 Å². The Morgan fingerprint density at radius 3 is 2.75 bits per heavy atom. The number of piperazine rings is 1. The minimum absolute atomic E-state index is 0.155. The van der Waals surface area contributed by atoms with Crippen LogP contribution in [0.15, 0.2) is 48.9 Å². The van der Waals surface area contributed by atoms with E-state index in [0.717, 1.165) is 4.68 Å². The molecule has 0 bridgehead atoms. The van der Waals surface area contributed by atoms with Gasteiger partial charge in [0, 0.05) is 53.2 Å². The van der Waals surface area contributed by atoms with Gasteiger partial charge >= 0.3 is 0 Å². The minimum Gasteiger partial charge on any atom is -0.382 e. The second-order valence-corrected chi connectivity index (χ2v) is 9.30. The number of hydrogen-bond acceptors (Lipinski definition) is 6. The van der Waals surface area contributed by atoms with Crippen molar-refractivity contribution in [3.8, 4) is 22.5 Å². The van der Waals surface area contributed by atoms with Crippen LogP contribution in [-0.2, 0) is 9.59 Å². The number of carbonyl (C=O) groups is 2. The van der Waals surface area contributed by atoms with Crippen LogP contribution in [0.3, 0.4) is 0 Å². The van der Waals surface area contributed by atoms with E-state index < -0.39 is 18.4 Å². The fourth-order valence-corrected chi connectivity index (χ4v) is 4.90. The molecule has 0 aliphatic carbocycles. The highest BCUT2D eigenvalue weighted by Gasteiger charge is 2.43. The molecular formula is C26H30N8O2. The molecule has 10 nitrogen and oxygen atoms in total. The van der Waals surface area contributed by atoms with Gasteiger partial charge in [0.05, 0.1) is 12.8 Å². The Labute approximate surface area is 214 Å². The van der Waals surface area contributed by atoms with Crippen LogP contribution in [0.2, 0.25) is 0 Å². The van der Waals surface area contributed by atoms with Crippen molar-refractivity contribution >= 4 is 28.8 Å². The van der Waals surface area contributed by atoms with E-state index in [9.17, 15) is 9.59 Å². The van der Waals surface area contributed by atoms with E-state index in [4.69, 9.17) is 11.2 Å². The number of aromatic nitrogens is 5.